The first-order valence-corrected chi connectivity index (χ1v) is 7.95. The molecule has 0 bridgehead atoms. The Morgan fingerprint density at radius 2 is 1.91 bits per heavy atom. The van der Waals surface area contributed by atoms with Gasteiger partial charge in [-0.3, -0.25) is 0 Å². The zero-order valence-corrected chi connectivity index (χ0v) is 13.6. The van der Waals surface area contributed by atoms with Crippen LogP contribution in [-0.2, 0) is 12.0 Å². The minimum absolute atomic E-state index is 0.103. The van der Waals surface area contributed by atoms with Crippen molar-refractivity contribution in [2.24, 2.45) is 0 Å². The lowest BCUT2D eigenvalue weighted by Crippen LogP contribution is -2.10. The second kappa shape index (κ2) is 5.62. The molecule has 2 heterocycles. The summed E-state index contributed by atoms with van der Waals surface area (Å²) in [5.41, 5.74) is 3.68. The maximum Gasteiger partial charge on any atom is 0.212 e. The van der Waals surface area contributed by atoms with Gasteiger partial charge in [0.05, 0.1) is 6.61 Å². The first kappa shape index (κ1) is 14.9. The van der Waals surface area contributed by atoms with Crippen molar-refractivity contribution in [2.45, 2.75) is 32.8 Å². The van der Waals surface area contributed by atoms with Gasteiger partial charge in [0.2, 0.25) is 5.13 Å². The molecule has 3 rings (SSSR count). The standard InChI is InChI=1S/C16H18N4OS/c1-16(2,3)12-6-4-11(5-7-12)14-13(10-21)18-19-20(14)15-17-8-9-22-15/h4-9,21H,10H2,1-3H3. The fourth-order valence-corrected chi connectivity index (χ4v) is 2.88. The minimum Gasteiger partial charge on any atom is -0.390 e. The molecule has 0 saturated carbocycles. The van der Waals surface area contributed by atoms with Crippen LogP contribution in [0.4, 0.5) is 0 Å². The number of hydrogen-bond acceptors (Lipinski definition) is 5. The third-order valence-corrected chi connectivity index (χ3v) is 4.26. The topological polar surface area (TPSA) is 63.8 Å². The van der Waals surface area contributed by atoms with E-state index in [0.29, 0.717) is 5.69 Å². The average Bonchev–Trinajstić information content (AvgIpc) is 3.15. The summed E-state index contributed by atoms with van der Waals surface area (Å²) in [7, 11) is 0. The molecule has 114 valence electrons. The molecule has 22 heavy (non-hydrogen) atoms. The van der Waals surface area contributed by atoms with Crippen LogP contribution in [0.25, 0.3) is 16.4 Å². The van der Waals surface area contributed by atoms with Gasteiger partial charge in [-0.05, 0) is 11.0 Å². The summed E-state index contributed by atoms with van der Waals surface area (Å²) in [5.74, 6) is 0. The molecule has 0 fully saturated rings. The Morgan fingerprint density at radius 3 is 2.45 bits per heavy atom. The molecular formula is C16H18N4OS. The largest absolute Gasteiger partial charge is 0.390 e. The van der Waals surface area contributed by atoms with Gasteiger partial charge >= 0.3 is 0 Å². The second-order valence-electron chi connectivity index (χ2n) is 6.10. The van der Waals surface area contributed by atoms with Crippen LogP contribution in [-0.4, -0.2) is 25.1 Å². The van der Waals surface area contributed by atoms with Crippen LogP contribution in [0.15, 0.2) is 35.8 Å². The molecule has 0 atom stereocenters. The van der Waals surface area contributed by atoms with Gasteiger partial charge in [-0.15, -0.1) is 16.4 Å². The summed E-state index contributed by atoms with van der Waals surface area (Å²) < 4.78 is 1.68. The Morgan fingerprint density at radius 1 is 1.18 bits per heavy atom. The van der Waals surface area contributed by atoms with E-state index in [9.17, 15) is 5.11 Å². The Labute approximate surface area is 133 Å². The second-order valence-corrected chi connectivity index (χ2v) is 6.97. The van der Waals surface area contributed by atoms with E-state index in [-0.39, 0.29) is 12.0 Å². The van der Waals surface area contributed by atoms with Crippen molar-refractivity contribution in [1.29, 1.82) is 0 Å². The van der Waals surface area contributed by atoms with Crippen LogP contribution in [0.5, 0.6) is 0 Å². The van der Waals surface area contributed by atoms with Crippen molar-refractivity contribution in [2.75, 3.05) is 0 Å². The van der Waals surface area contributed by atoms with Gasteiger partial charge in [0.25, 0.3) is 0 Å². The molecule has 0 aliphatic heterocycles. The summed E-state index contributed by atoms with van der Waals surface area (Å²) >= 11 is 1.48. The lowest BCUT2D eigenvalue weighted by atomic mass is 9.86. The summed E-state index contributed by atoms with van der Waals surface area (Å²) in [6.07, 6.45) is 1.73. The fraction of sp³-hybridized carbons (Fsp3) is 0.312. The van der Waals surface area contributed by atoms with Crippen molar-refractivity contribution in [3.05, 3.63) is 47.1 Å². The zero-order valence-electron chi connectivity index (χ0n) is 12.8. The Kier molecular flexibility index (Phi) is 3.80. The van der Waals surface area contributed by atoms with Crippen molar-refractivity contribution in [3.8, 4) is 16.4 Å². The Balaban J connectivity index is 2.09. The number of aliphatic hydroxyl groups excluding tert-OH is 1. The molecule has 6 heteroatoms. The van der Waals surface area contributed by atoms with E-state index in [1.165, 1.54) is 16.9 Å². The fourth-order valence-electron chi connectivity index (χ4n) is 2.29. The number of hydrogen-bond donors (Lipinski definition) is 1. The zero-order chi connectivity index (χ0) is 15.7. The smallest absolute Gasteiger partial charge is 0.212 e. The molecule has 0 aliphatic rings. The van der Waals surface area contributed by atoms with E-state index in [4.69, 9.17) is 0 Å². The van der Waals surface area contributed by atoms with Gasteiger partial charge in [-0.1, -0.05) is 50.3 Å². The van der Waals surface area contributed by atoms with Crippen LogP contribution in [0.3, 0.4) is 0 Å². The molecule has 1 aromatic carbocycles. The third-order valence-electron chi connectivity index (χ3n) is 3.51. The molecule has 0 radical (unpaired) electrons. The summed E-state index contributed by atoms with van der Waals surface area (Å²) in [6.45, 7) is 6.40. The van der Waals surface area contributed by atoms with Crippen LogP contribution in [0.1, 0.15) is 32.0 Å². The predicted molar refractivity (Wildman–Crippen MR) is 87.1 cm³/mol. The monoisotopic (exact) mass is 314 g/mol. The van der Waals surface area contributed by atoms with Crippen LogP contribution in [0.2, 0.25) is 0 Å². The number of rotatable bonds is 3. The quantitative estimate of drug-likeness (QED) is 0.806. The van der Waals surface area contributed by atoms with E-state index >= 15 is 0 Å². The van der Waals surface area contributed by atoms with E-state index in [1.807, 2.05) is 17.5 Å². The molecule has 0 spiro atoms. The molecule has 1 N–H and O–H groups in total. The average molecular weight is 314 g/mol. The van der Waals surface area contributed by atoms with Crippen molar-refractivity contribution >= 4 is 11.3 Å². The third kappa shape index (κ3) is 2.67. The predicted octanol–water partition coefficient (Wildman–Crippen LogP) is 3.18. The normalized spacial score (nSPS) is 11.8. The summed E-state index contributed by atoms with van der Waals surface area (Å²) in [5, 5.41) is 20.4. The van der Waals surface area contributed by atoms with E-state index < -0.39 is 0 Å². The molecule has 2 aromatic heterocycles. The molecule has 5 nitrogen and oxygen atoms in total. The SMILES string of the molecule is CC(C)(C)c1ccc(-c2c(CO)nnn2-c2nccs2)cc1. The highest BCUT2D eigenvalue weighted by Gasteiger charge is 2.18. The summed E-state index contributed by atoms with van der Waals surface area (Å²) in [4.78, 5) is 4.27. The van der Waals surface area contributed by atoms with Gasteiger partial charge in [0, 0.05) is 17.1 Å². The van der Waals surface area contributed by atoms with E-state index in [1.54, 1.807) is 10.9 Å². The highest BCUT2D eigenvalue weighted by Crippen LogP contribution is 2.29. The first-order chi connectivity index (χ1) is 10.5. The van der Waals surface area contributed by atoms with Gasteiger partial charge in [-0.2, -0.15) is 4.68 Å². The van der Waals surface area contributed by atoms with Gasteiger partial charge in [0.15, 0.2) is 0 Å². The van der Waals surface area contributed by atoms with Crippen molar-refractivity contribution in [1.82, 2.24) is 20.0 Å². The molecule has 0 amide bonds. The highest BCUT2D eigenvalue weighted by atomic mass is 32.1. The van der Waals surface area contributed by atoms with Crippen molar-refractivity contribution < 1.29 is 5.11 Å². The summed E-state index contributed by atoms with van der Waals surface area (Å²) in [6, 6.07) is 8.30. The van der Waals surface area contributed by atoms with Crippen LogP contribution < -0.4 is 0 Å². The molecule has 0 aliphatic carbocycles. The number of nitrogens with zero attached hydrogens (tertiary/aromatic N) is 4. The van der Waals surface area contributed by atoms with Gasteiger partial charge in [-0.25, -0.2) is 4.98 Å². The minimum atomic E-state index is -0.151. The molecule has 3 aromatic rings. The number of aromatic nitrogens is 4. The lowest BCUT2D eigenvalue weighted by Gasteiger charge is -2.19. The lowest BCUT2D eigenvalue weighted by molar-refractivity contribution is 0.277. The Hall–Kier alpha value is -2.05. The van der Waals surface area contributed by atoms with E-state index in [0.717, 1.165) is 16.4 Å². The molecule has 0 saturated heterocycles. The number of thiazole rings is 1. The first-order valence-electron chi connectivity index (χ1n) is 7.07. The van der Waals surface area contributed by atoms with Gasteiger partial charge < -0.3 is 5.11 Å². The van der Waals surface area contributed by atoms with Gasteiger partial charge in [0.1, 0.15) is 11.4 Å². The number of benzene rings is 1. The maximum absolute atomic E-state index is 9.54. The number of aliphatic hydroxyl groups is 1. The van der Waals surface area contributed by atoms with Crippen molar-refractivity contribution in [3.63, 3.8) is 0 Å². The Bertz CT molecular complexity index is 755. The molecular weight excluding hydrogens is 296 g/mol. The molecule has 0 unspecified atom stereocenters. The van der Waals surface area contributed by atoms with Crippen LogP contribution in [0, 0.1) is 0 Å². The maximum atomic E-state index is 9.54. The highest BCUT2D eigenvalue weighted by molar-refractivity contribution is 7.12. The van der Waals surface area contributed by atoms with Crippen LogP contribution >= 0.6 is 11.3 Å². The van der Waals surface area contributed by atoms with E-state index in [2.05, 4.69) is 48.2 Å².